The molecule has 0 aromatic carbocycles. The largest absolute Gasteiger partial charge is 0.472 e. The van der Waals surface area contributed by atoms with Crippen molar-refractivity contribution in [1.29, 1.82) is 0 Å². The summed E-state index contributed by atoms with van der Waals surface area (Å²) >= 11 is 0. The molecule has 3 N–H and O–H groups in total. The van der Waals surface area contributed by atoms with Crippen LogP contribution in [0.3, 0.4) is 0 Å². The van der Waals surface area contributed by atoms with Gasteiger partial charge in [0.05, 0.1) is 19.8 Å². The zero-order chi connectivity index (χ0) is 17.2. The number of aliphatic hydroxyl groups is 2. The van der Waals surface area contributed by atoms with Crippen LogP contribution in [-0.4, -0.2) is 65.7 Å². The van der Waals surface area contributed by atoms with Gasteiger partial charge in [0, 0.05) is 13.3 Å². The number of carbonyl (C=O) groups excluding carboxylic acids is 2. The molecule has 1 unspecified atom stereocenters. The molecule has 0 aliphatic heterocycles. The van der Waals surface area contributed by atoms with E-state index in [4.69, 9.17) is 14.9 Å². The number of rotatable bonds is 11. The van der Waals surface area contributed by atoms with Crippen molar-refractivity contribution in [2.24, 2.45) is 0 Å². The van der Waals surface area contributed by atoms with E-state index in [0.29, 0.717) is 0 Å². The van der Waals surface area contributed by atoms with E-state index >= 15 is 0 Å². The van der Waals surface area contributed by atoms with Crippen molar-refractivity contribution < 1.29 is 47.8 Å². The fraction of sp³-hybridized carbons (Fsp3) is 0.818. The van der Waals surface area contributed by atoms with Gasteiger partial charge in [0.2, 0.25) is 0 Å². The summed E-state index contributed by atoms with van der Waals surface area (Å²) in [6.07, 6.45) is -2.35. The van der Waals surface area contributed by atoms with Crippen LogP contribution in [0.15, 0.2) is 0 Å². The topological polar surface area (TPSA) is 149 Å². The molecule has 3 atom stereocenters. The van der Waals surface area contributed by atoms with Crippen LogP contribution in [-0.2, 0) is 32.7 Å². The van der Waals surface area contributed by atoms with E-state index in [1.165, 1.54) is 0 Å². The highest BCUT2D eigenvalue weighted by molar-refractivity contribution is 7.47. The Bertz CT molecular complexity index is 398. The average Bonchev–Trinajstić information content (AvgIpc) is 2.47. The van der Waals surface area contributed by atoms with Crippen LogP contribution in [0.5, 0.6) is 0 Å². The van der Waals surface area contributed by atoms with Gasteiger partial charge in [0.25, 0.3) is 0 Å². The lowest BCUT2D eigenvalue weighted by atomic mass is 10.4. The number of carbonyl (C=O) groups is 2. The molecule has 0 saturated heterocycles. The van der Waals surface area contributed by atoms with E-state index in [1.54, 1.807) is 6.92 Å². The smallest absolute Gasteiger partial charge is 0.462 e. The lowest BCUT2D eigenvalue weighted by Crippen LogP contribution is -2.29. The van der Waals surface area contributed by atoms with E-state index < -0.39 is 51.8 Å². The summed E-state index contributed by atoms with van der Waals surface area (Å²) in [4.78, 5) is 31.3. The summed E-state index contributed by atoms with van der Waals surface area (Å²) in [5, 5.41) is 17.6. The van der Waals surface area contributed by atoms with E-state index in [9.17, 15) is 19.0 Å². The molecular formula is C11H21O10P. The first-order chi connectivity index (χ1) is 10.2. The number of hydrogen-bond donors (Lipinski definition) is 3. The Kier molecular flexibility index (Phi) is 10.2. The van der Waals surface area contributed by atoms with E-state index in [0.717, 1.165) is 6.92 Å². The SMILES string of the molecule is CCC(=O)O[C@H](COC(C)=O)COP(=O)(O)OC[C@@H](O)CO. The fourth-order valence-electron chi connectivity index (χ4n) is 1.04. The molecule has 11 heteroatoms. The lowest BCUT2D eigenvalue weighted by molar-refractivity contribution is -0.159. The first-order valence-corrected chi connectivity index (χ1v) is 7.93. The monoisotopic (exact) mass is 344 g/mol. The second-order valence-electron chi connectivity index (χ2n) is 4.16. The van der Waals surface area contributed by atoms with Crippen LogP contribution < -0.4 is 0 Å². The number of hydrogen-bond acceptors (Lipinski definition) is 9. The first-order valence-electron chi connectivity index (χ1n) is 6.43. The quantitative estimate of drug-likeness (QED) is 0.326. The number of aliphatic hydroxyl groups excluding tert-OH is 2. The minimum Gasteiger partial charge on any atom is -0.462 e. The van der Waals surface area contributed by atoms with Crippen molar-refractivity contribution in [1.82, 2.24) is 0 Å². The third-order valence-corrected chi connectivity index (χ3v) is 3.07. The highest BCUT2D eigenvalue weighted by Gasteiger charge is 2.26. The maximum atomic E-state index is 11.5. The number of esters is 2. The molecule has 10 nitrogen and oxygen atoms in total. The Balaban J connectivity index is 4.41. The van der Waals surface area contributed by atoms with E-state index in [-0.39, 0.29) is 13.0 Å². The van der Waals surface area contributed by atoms with Crippen LogP contribution >= 0.6 is 7.82 Å². The zero-order valence-corrected chi connectivity index (χ0v) is 13.2. The highest BCUT2D eigenvalue weighted by Crippen LogP contribution is 2.43. The summed E-state index contributed by atoms with van der Waals surface area (Å²) in [7, 11) is -4.52. The Hall–Kier alpha value is -1.03. The predicted octanol–water partition coefficient (Wildman–Crippen LogP) is -0.642. The molecule has 0 aliphatic rings. The molecule has 0 saturated carbocycles. The van der Waals surface area contributed by atoms with Crippen molar-refractivity contribution in [3.05, 3.63) is 0 Å². The van der Waals surface area contributed by atoms with Crippen LogP contribution in [0.2, 0.25) is 0 Å². The van der Waals surface area contributed by atoms with Gasteiger partial charge in [-0.3, -0.25) is 18.6 Å². The third kappa shape index (κ3) is 10.7. The highest BCUT2D eigenvalue weighted by atomic mass is 31.2. The summed E-state index contributed by atoms with van der Waals surface area (Å²) in [6.45, 7) is 0.525. The molecule has 0 radical (unpaired) electrons. The first kappa shape index (κ1) is 21.0. The number of phosphoric ester groups is 1. The summed E-state index contributed by atoms with van der Waals surface area (Å²) < 4.78 is 30.0. The minimum absolute atomic E-state index is 0.0621. The van der Waals surface area contributed by atoms with E-state index in [2.05, 4.69) is 13.8 Å². The Morgan fingerprint density at radius 1 is 1.18 bits per heavy atom. The minimum atomic E-state index is -4.52. The van der Waals surface area contributed by atoms with Gasteiger partial charge in [-0.1, -0.05) is 6.92 Å². The standard InChI is InChI=1S/C11H21O10P/c1-3-11(15)21-10(6-18-8(2)13)7-20-22(16,17)19-5-9(14)4-12/h9-10,12,14H,3-7H2,1-2H3,(H,16,17)/t9-,10+/m0/s1. The zero-order valence-electron chi connectivity index (χ0n) is 12.3. The van der Waals surface area contributed by atoms with Crippen molar-refractivity contribution in [3.63, 3.8) is 0 Å². The van der Waals surface area contributed by atoms with Crippen molar-refractivity contribution >= 4 is 19.8 Å². The Morgan fingerprint density at radius 3 is 2.27 bits per heavy atom. The molecule has 22 heavy (non-hydrogen) atoms. The van der Waals surface area contributed by atoms with Gasteiger partial charge in [-0.2, -0.15) is 0 Å². The molecule has 0 amide bonds. The Morgan fingerprint density at radius 2 is 1.77 bits per heavy atom. The molecule has 130 valence electrons. The Labute approximate surface area is 127 Å². The summed E-state index contributed by atoms with van der Waals surface area (Å²) in [5.41, 5.74) is 0. The van der Waals surface area contributed by atoms with Crippen LogP contribution in [0.1, 0.15) is 20.3 Å². The molecule has 0 fully saturated rings. The van der Waals surface area contributed by atoms with Gasteiger partial charge >= 0.3 is 19.8 Å². The number of phosphoric acid groups is 1. The van der Waals surface area contributed by atoms with Crippen LogP contribution in [0.25, 0.3) is 0 Å². The fourth-order valence-corrected chi connectivity index (χ4v) is 1.83. The normalized spacial score (nSPS) is 16.4. The molecule has 0 heterocycles. The molecule has 0 rings (SSSR count). The van der Waals surface area contributed by atoms with Crippen molar-refractivity contribution in [2.75, 3.05) is 26.4 Å². The average molecular weight is 344 g/mol. The maximum absolute atomic E-state index is 11.5. The maximum Gasteiger partial charge on any atom is 0.472 e. The third-order valence-electron chi connectivity index (χ3n) is 2.12. The van der Waals surface area contributed by atoms with Crippen molar-refractivity contribution in [3.8, 4) is 0 Å². The van der Waals surface area contributed by atoms with Gasteiger partial charge in [0.1, 0.15) is 12.7 Å². The number of ether oxygens (including phenoxy) is 2. The second-order valence-corrected chi connectivity index (χ2v) is 5.62. The molecule has 0 aromatic heterocycles. The van der Waals surface area contributed by atoms with Crippen molar-refractivity contribution in [2.45, 2.75) is 32.5 Å². The van der Waals surface area contributed by atoms with E-state index in [1.807, 2.05) is 0 Å². The molecular weight excluding hydrogens is 323 g/mol. The van der Waals surface area contributed by atoms with Gasteiger partial charge in [-0.25, -0.2) is 4.57 Å². The van der Waals surface area contributed by atoms with Crippen LogP contribution in [0.4, 0.5) is 0 Å². The summed E-state index contributed by atoms with van der Waals surface area (Å²) in [6, 6.07) is 0. The molecule has 0 spiro atoms. The lowest BCUT2D eigenvalue weighted by Gasteiger charge is -2.19. The van der Waals surface area contributed by atoms with Gasteiger partial charge in [-0.15, -0.1) is 0 Å². The molecule has 0 bridgehead atoms. The summed E-state index contributed by atoms with van der Waals surface area (Å²) in [5.74, 6) is -1.22. The van der Waals surface area contributed by atoms with Gasteiger partial charge in [0.15, 0.2) is 6.10 Å². The van der Waals surface area contributed by atoms with Gasteiger partial charge in [-0.05, 0) is 0 Å². The molecule has 0 aliphatic carbocycles. The van der Waals surface area contributed by atoms with Crippen LogP contribution in [0, 0.1) is 0 Å². The predicted molar refractivity (Wildman–Crippen MR) is 71.6 cm³/mol. The second kappa shape index (κ2) is 10.7. The van der Waals surface area contributed by atoms with Gasteiger partial charge < -0.3 is 24.6 Å². The molecule has 0 aromatic rings.